The van der Waals surface area contributed by atoms with Gasteiger partial charge in [-0.25, -0.2) is 0 Å². The molecule has 1 atom stereocenters. The molecule has 21 heavy (non-hydrogen) atoms. The molecule has 0 saturated heterocycles. The van der Waals surface area contributed by atoms with Crippen LogP contribution in [0.3, 0.4) is 0 Å². The second-order valence-electron chi connectivity index (χ2n) is 5.35. The van der Waals surface area contributed by atoms with Crippen LogP contribution >= 0.6 is 11.6 Å². The lowest BCUT2D eigenvalue weighted by Gasteiger charge is -2.11. The Bertz CT molecular complexity index is 634. The Morgan fingerprint density at radius 3 is 2.43 bits per heavy atom. The molecule has 0 aliphatic carbocycles. The average Bonchev–Trinajstić information content (AvgIpc) is 2.50. The van der Waals surface area contributed by atoms with Crippen LogP contribution in [0.4, 0.5) is 5.69 Å². The number of amides is 1. The topological polar surface area (TPSA) is 29.1 Å². The molecule has 2 rings (SSSR count). The van der Waals surface area contributed by atoms with Crippen LogP contribution in [0.5, 0.6) is 0 Å². The van der Waals surface area contributed by atoms with Crippen LogP contribution in [-0.4, -0.2) is 5.91 Å². The smallest absolute Gasteiger partial charge is 0.255 e. The monoisotopic (exact) mass is 301 g/mol. The van der Waals surface area contributed by atoms with Gasteiger partial charge >= 0.3 is 0 Å². The van der Waals surface area contributed by atoms with Gasteiger partial charge < -0.3 is 5.32 Å². The molecule has 1 N–H and O–H groups in total. The van der Waals surface area contributed by atoms with Crippen molar-refractivity contribution < 1.29 is 4.79 Å². The highest BCUT2D eigenvalue weighted by molar-refractivity contribution is 6.31. The van der Waals surface area contributed by atoms with E-state index in [0.29, 0.717) is 16.5 Å². The molecule has 0 aromatic heterocycles. The minimum absolute atomic E-state index is 0.145. The summed E-state index contributed by atoms with van der Waals surface area (Å²) in [5.74, 6) is 0.388. The van der Waals surface area contributed by atoms with Gasteiger partial charge in [0.05, 0.1) is 0 Å². The number of halogens is 1. The van der Waals surface area contributed by atoms with Gasteiger partial charge in [-0.15, -0.1) is 0 Å². The number of hydrogen-bond acceptors (Lipinski definition) is 1. The summed E-state index contributed by atoms with van der Waals surface area (Å²) < 4.78 is 0. The Morgan fingerprint density at radius 1 is 1.19 bits per heavy atom. The molecule has 3 heteroatoms. The number of benzene rings is 2. The van der Waals surface area contributed by atoms with Crippen LogP contribution in [0, 0.1) is 6.92 Å². The largest absolute Gasteiger partial charge is 0.322 e. The molecule has 0 aliphatic rings. The molecule has 110 valence electrons. The normalized spacial score (nSPS) is 12.0. The molecule has 0 saturated carbocycles. The molecular weight excluding hydrogens is 282 g/mol. The number of anilines is 1. The zero-order chi connectivity index (χ0) is 15.4. The van der Waals surface area contributed by atoms with Gasteiger partial charge in [0.2, 0.25) is 0 Å². The summed E-state index contributed by atoms with van der Waals surface area (Å²) >= 11 is 6.05. The van der Waals surface area contributed by atoms with Crippen LogP contribution in [0.2, 0.25) is 5.02 Å². The second-order valence-corrected chi connectivity index (χ2v) is 5.76. The molecular formula is C18H20ClNO. The molecule has 0 heterocycles. The van der Waals surface area contributed by atoms with Crippen molar-refractivity contribution in [2.75, 3.05) is 5.32 Å². The molecule has 0 fully saturated rings. The molecule has 0 radical (unpaired) electrons. The maximum absolute atomic E-state index is 12.2. The fraction of sp³-hybridized carbons (Fsp3) is 0.278. The van der Waals surface area contributed by atoms with Gasteiger partial charge in [0.1, 0.15) is 0 Å². The lowest BCUT2D eigenvalue weighted by Crippen LogP contribution is -2.12. The first-order valence-corrected chi connectivity index (χ1v) is 7.56. The SMILES string of the molecule is CC[C@H](C)c1ccc(NC(=O)c2ccc(C)c(Cl)c2)cc1. The molecule has 0 spiro atoms. The van der Waals surface area contributed by atoms with E-state index in [1.54, 1.807) is 12.1 Å². The fourth-order valence-electron chi connectivity index (χ4n) is 2.07. The summed E-state index contributed by atoms with van der Waals surface area (Å²) in [5, 5.41) is 3.50. The van der Waals surface area contributed by atoms with Gasteiger partial charge in [-0.2, -0.15) is 0 Å². The minimum atomic E-state index is -0.145. The quantitative estimate of drug-likeness (QED) is 0.803. The van der Waals surface area contributed by atoms with E-state index in [1.165, 1.54) is 5.56 Å². The van der Waals surface area contributed by atoms with Crippen molar-refractivity contribution in [3.05, 3.63) is 64.2 Å². The van der Waals surface area contributed by atoms with E-state index in [9.17, 15) is 4.79 Å². The zero-order valence-corrected chi connectivity index (χ0v) is 13.4. The van der Waals surface area contributed by atoms with Crippen LogP contribution in [0.15, 0.2) is 42.5 Å². The van der Waals surface area contributed by atoms with E-state index in [1.807, 2.05) is 25.1 Å². The zero-order valence-electron chi connectivity index (χ0n) is 12.6. The van der Waals surface area contributed by atoms with Crippen molar-refractivity contribution in [3.63, 3.8) is 0 Å². The van der Waals surface area contributed by atoms with E-state index >= 15 is 0 Å². The summed E-state index contributed by atoms with van der Waals surface area (Å²) in [7, 11) is 0. The predicted molar refractivity (Wildman–Crippen MR) is 89.3 cm³/mol. The van der Waals surface area contributed by atoms with Crippen molar-refractivity contribution >= 4 is 23.2 Å². The summed E-state index contributed by atoms with van der Waals surface area (Å²) in [6.07, 6.45) is 1.10. The molecule has 2 aromatic carbocycles. The molecule has 1 amide bonds. The first-order chi connectivity index (χ1) is 10.0. The van der Waals surface area contributed by atoms with Crippen LogP contribution < -0.4 is 5.32 Å². The summed E-state index contributed by atoms with van der Waals surface area (Å²) in [5.41, 5.74) is 3.61. The third-order valence-corrected chi connectivity index (χ3v) is 4.19. The van der Waals surface area contributed by atoms with Gasteiger partial charge in [-0.3, -0.25) is 4.79 Å². The minimum Gasteiger partial charge on any atom is -0.322 e. The highest BCUT2D eigenvalue weighted by atomic mass is 35.5. The third kappa shape index (κ3) is 3.85. The summed E-state index contributed by atoms with van der Waals surface area (Å²) in [6.45, 7) is 6.28. The van der Waals surface area contributed by atoms with Crippen molar-refractivity contribution in [1.82, 2.24) is 0 Å². The van der Waals surface area contributed by atoms with Crippen LogP contribution in [0.25, 0.3) is 0 Å². The van der Waals surface area contributed by atoms with Crippen molar-refractivity contribution in [2.24, 2.45) is 0 Å². The number of aryl methyl sites for hydroxylation is 1. The Morgan fingerprint density at radius 2 is 1.86 bits per heavy atom. The number of carbonyl (C=O) groups is 1. The van der Waals surface area contributed by atoms with Crippen molar-refractivity contribution in [3.8, 4) is 0 Å². The average molecular weight is 302 g/mol. The lowest BCUT2D eigenvalue weighted by atomic mass is 9.98. The maximum atomic E-state index is 12.2. The lowest BCUT2D eigenvalue weighted by molar-refractivity contribution is 0.102. The van der Waals surface area contributed by atoms with Gasteiger partial charge in [0, 0.05) is 16.3 Å². The van der Waals surface area contributed by atoms with Gasteiger partial charge in [-0.05, 0) is 54.7 Å². The summed E-state index contributed by atoms with van der Waals surface area (Å²) in [4.78, 5) is 12.2. The Balaban J connectivity index is 2.10. The first-order valence-electron chi connectivity index (χ1n) is 7.18. The molecule has 2 aromatic rings. The third-order valence-electron chi connectivity index (χ3n) is 3.78. The number of nitrogens with one attached hydrogen (secondary N) is 1. The Labute approximate surface area is 131 Å². The molecule has 2 nitrogen and oxygen atoms in total. The maximum Gasteiger partial charge on any atom is 0.255 e. The Hall–Kier alpha value is -1.80. The number of rotatable bonds is 4. The standard InChI is InChI=1S/C18H20ClNO/c1-4-12(2)14-7-9-16(10-8-14)20-18(21)15-6-5-13(3)17(19)11-15/h5-12H,4H2,1-3H3,(H,20,21)/t12-/m0/s1. The summed E-state index contributed by atoms with van der Waals surface area (Å²) in [6, 6.07) is 13.3. The van der Waals surface area contributed by atoms with E-state index < -0.39 is 0 Å². The first kappa shape index (κ1) is 15.6. The molecule has 0 bridgehead atoms. The molecule has 0 aliphatic heterocycles. The molecule has 0 unspecified atom stereocenters. The van der Waals surface area contributed by atoms with E-state index in [4.69, 9.17) is 11.6 Å². The van der Waals surface area contributed by atoms with E-state index in [-0.39, 0.29) is 5.91 Å². The highest BCUT2D eigenvalue weighted by Gasteiger charge is 2.08. The van der Waals surface area contributed by atoms with Gasteiger partial charge in [0.15, 0.2) is 0 Å². The number of hydrogen-bond donors (Lipinski definition) is 1. The van der Waals surface area contributed by atoms with Gasteiger partial charge in [-0.1, -0.05) is 43.6 Å². The van der Waals surface area contributed by atoms with E-state index in [0.717, 1.165) is 17.7 Å². The van der Waals surface area contributed by atoms with Gasteiger partial charge in [0.25, 0.3) is 5.91 Å². The Kier molecular flexibility index (Phi) is 5.03. The van der Waals surface area contributed by atoms with Crippen molar-refractivity contribution in [1.29, 1.82) is 0 Å². The van der Waals surface area contributed by atoms with E-state index in [2.05, 4.69) is 31.3 Å². The van der Waals surface area contributed by atoms with Crippen LogP contribution in [-0.2, 0) is 0 Å². The predicted octanol–water partition coefficient (Wildman–Crippen LogP) is 5.41. The fourth-order valence-corrected chi connectivity index (χ4v) is 2.25. The van der Waals surface area contributed by atoms with Crippen molar-refractivity contribution in [2.45, 2.75) is 33.1 Å². The van der Waals surface area contributed by atoms with Crippen LogP contribution in [0.1, 0.15) is 47.7 Å². The highest BCUT2D eigenvalue weighted by Crippen LogP contribution is 2.21. The number of carbonyl (C=O) groups excluding carboxylic acids is 1. The second kappa shape index (κ2) is 6.77.